The summed E-state index contributed by atoms with van der Waals surface area (Å²) in [5.41, 5.74) is -0.289. The van der Waals surface area contributed by atoms with E-state index < -0.39 is 94.5 Å². The summed E-state index contributed by atoms with van der Waals surface area (Å²) < 4.78 is 139. The fourth-order valence-electron chi connectivity index (χ4n) is 6.73. The monoisotopic (exact) mass is 1240 g/mol. The van der Waals surface area contributed by atoms with Crippen LogP contribution in [0.3, 0.4) is 0 Å². The van der Waals surface area contributed by atoms with Crippen LogP contribution in [0.5, 0.6) is 5.75 Å². The zero-order valence-electron chi connectivity index (χ0n) is 40.1. The Morgan fingerprint density at radius 3 is 1.49 bits per heavy atom. The molecule has 14 N–H and O–H groups in total. The minimum absolute atomic E-state index is 0.0816. The SMILES string of the molecule is O=S(O)Oc1ccc(S(=O)(=O)O)c(Nc2nc(Nc3ccc(C=Cc4ccc(Nc5nc(Nc6cc(S(=O)(=O)O)ccc6SOOO)nc(N(CCO)CCO)n5)cc4SOOO)c(S(=O)(=O)O)c3)nc(N(CCO)CCO)n2)c1. The molecule has 2 aromatic heterocycles. The number of hydrogen-bond donors (Lipinski definition) is 14. The summed E-state index contributed by atoms with van der Waals surface area (Å²) in [4.78, 5) is 26.7. The summed E-state index contributed by atoms with van der Waals surface area (Å²) >= 11 is -1.97. The van der Waals surface area contributed by atoms with Crippen LogP contribution in [0.25, 0.3) is 12.2 Å². The smallest absolute Gasteiger partial charge is 0.357 e. The number of anilines is 10. The van der Waals surface area contributed by atoms with Gasteiger partial charge < -0.3 is 55.7 Å². The molecule has 0 aliphatic carbocycles. The predicted molar refractivity (Wildman–Crippen MR) is 282 cm³/mol. The predicted octanol–water partition coefficient (Wildman–Crippen LogP) is 2.90. The molecule has 0 radical (unpaired) electrons. The number of hydrogen-bond acceptors (Lipinski definition) is 32. The van der Waals surface area contributed by atoms with Crippen molar-refractivity contribution in [1.82, 2.24) is 29.9 Å². The average molecular weight is 1240 g/mol. The normalized spacial score (nSPS) is 12.3. The number of nitrogens with one attached hydrogen (secondary N) is 4. The molecule has 0 amide bonds. The highest BCUT2D eigenvalue weighted by Gasteiger charge is 2.23. The van der Waals surface area contributed by atoms with Crippen LogP contribution in [0, 0.1) is 0 Å². The van der Waals surface area contributed by atoms with E-state index in [1.54, 1.807) is 0 Å². The van der Waals surface area contributed by atoms with Crippen LogP contribution in [0.1, 0.15) is 11.1 Å². The van der Waals surface area contributed by atoms with Crippen molar-refractivity contribution in [3.63, 3.8) is 0 Å². The maximum absolute atomic E-state index is 12.9. The van der Waals surface area contributed by atoms with E-state index in [1.165, 1.54) is 58.4 Å². The van der Waals surface area contributed by atoms with Crippen LogP contribution in [-0.4, -0.2) is 161 Å². The molecule has 0 aliphatic heterocycles. The molecule has 34 nitrogen and oxygen atoms in total. The summed E-state index contributed by atoms with van der Waals surface area (Å²) in [6, 6.07) is 13.9. The number of nitrogens with zero attached hydrogens (tertiary/aromatic N) is 8. The van der Waals surface area contributed by atoms with E-state index in [0.29, 0.717) is 24.1 Å². The topological polar surface area (TPSA) is 500 Å². The van der Waals surface area contributed by atoms with E-state index >= 15 is 0 Å². The van der Waals surface area contributed by atoms with Crippen molar-refractivity contribution >= 4 is 136 Å². The molecule has 0 fully saturated rings. The Balaban J connectivity index is 1.35. The molecule has 40 heteroatoms. The summed E-state index contributed by atoms with van der Waals surface area (Å²) in [6.45, 7) is -2.25. The molecule has 6 aromatic rings. The molecule has 1 atom stereocenters. The highest BCUT2D eigenvalue weighted by atomic mass is 32.2. The van der Waals surface area contributed by atoms with Gasteiger partial charge in [-0.3, -0.25) is 18.2 Å². The summed E-state index contributed by atoms with van der Waals surface area (Å²) in [5, 5.41) is 75.3. The first-order chi connectivity index (χ1) is 38.0. The third-order valence-corrected chi connectivity index (χ3v) is 14.3. The Morgan fingerprint density at radius 1 is 0.525 bits per heavy atom. The van der Waals surface area contributed by atoms with Crippen LogP contribution in [0.4, 0.5) is 58.4 Å². The van der Waals surface area contributed by atoms with E-state index in [9.17, 15) is 68.1 Å². The van der Waals surface area contributed by atoms with E-state index in [2.05, 4.69) is 65.6 Å². The van der Waals surface area contributed by atoms with E-state index in [-0.39, 0.29) is 99.7 Å². The average Bonchev–Trinajstić information content (AvgIpc) is 3.42. The number of rotatable bonds is 31. The van der Waals surface area contributed by atoms with Gasteiger partial charge in [0.1, 0.15) is 15.5 Å². The van der Waals surface area contributed by atoms with E-state index in [0.717, 1.165) is 36.4 Å². The molecule has 0 saturated carbocycles. The van der Waals surface area contributed by atoms with Crippen molar-refractivity contribution in [1.29, 1.82) is 0 Å². The van der Waals surface area contributed by atoms with Gasteiger partial charge in [-0.15, -0.1) is 8.67 Å². The largest absolute Gasteiger partial charge is 0.395 e. The number of aliphatic hydroxyl groups is 4. The van der Waals surface area contributed by atoms with Crippen LogP contribution >= 0.6 is 24.1 Å². The Morgan fingerprint density at radius 2 is 1.00 bits per heavy atom. The zero-order chi connectivity index (χ0) is 58.2. The van der Waals surface area contributed by atoms with Crippen molar-refractivity contribution in [2.45, 2.75) is 24.5 Å². The van der Waals surface area contributed by atoms with Crippen LogP contribution in [0.2, 0.25) is 0 Å². The van der Waals surface area contributed by atoms with Crippen molar-refractivity contribution < 1.29 is 102 Å². The second-order valence-electron chi connectivity index (χ2n) is 15.3. The lowest BCUT2D eigenvalue weighted by molar-refractivity contribution is -0.432. The number of aromatic nitrogens is 6. The van der Waals surface area contributed by atoms with Gasteiger partial charge in [0.25, 0.3) is 30.4 Å². The summed E-state index contributed by atoms with van der Waals surface area (Å²) in [6.07, 6.45) is 2.65. The number of benzene rings is 4. The molecule has 6 rings (SSSR count). The fraction of sp³-hybridized carbons (Fsp3) is 0.200. The molecular formula is C40H44N12O22S6. The quantitative estimate of drug-likeness (QED) is 0.00743. The Hall–Kier alpha value is -6.62. The summed E-state index contributed by atoms with van der Waals surface area (Å²) in [5.74, 6) is -2.06. The molecule has 80 heavy (non-hydrogen) atoms. The molecule has 0 aliphatic rings. The highest BCUT2D eigenvalue weighted by Crippen LogP contribution is 2.35. The Bertz CT molecular complexity index is 3530. The standard InChI is InChI=1S/C40H44N12O22S6/c53-15-11-51(12-16-54)39-47-35(45-37(49-39)43-29-22-28(78(61,62)63)8-9-31(29)75-73-71-57)41-25-5-3-23(32(19-25)76-74-72-58)1-2-24-4-6-26(20-34(24)80(67,68)69)42-36-46-38(50-40(48-36)52(13-17-55)14-18-56)44-30-21-27(70-77(59)60)7-10-33(30)79(64,65)66/h1-10,19-22,53-58H,11-18H2,(H,59,60)(H,61,62,63)(H,64,65,66)(H,67,68,69)(H2,41,43,45,47,49)(H2,42,44,46,48,50). The third kappa shape index (κ3) is 17.9. The lowest BCUT2D eigenvalue weighted by Gasteiger charge is -2.22. The van der Waals surface area contributed by atoms with Gasteiger partial charge in [-0.05, 0) is 65.7 Å². The van der Waals surface area contributed by atoms with Gasteiger partial charge in [0.15, 0.2) is 0 Å². The highest BCUT2D eigenvalue weighted by molar-refractivity contribution is 7.95. The van der Waals surface area contributed by atoms with Crippen molar-refractivity contribution in [3.05, 3.63) is 83.9 Å². The molecule has 0 bridgehead atoms. The van der Waals surface area contributed by atoms with Crippen LogP contribution in [-0.2, 0) is 60.5 Å². The van der Waals surface area contributed by atoms with Gasteiger partial charge in [-0.25, -0.2) is 10.5 Å². The van der Waals surface area contributed by atoms with Gasteiger partial charge in [0, 0.05) is 48.5 Å². The first-order valence-corrected chi connectivity index (χ1v) is 28.7. The Labute approximate surface area is 463 Å². The van der Waals surface area contributed by atoms with Crippen molar-refractivity contribution in [3.8, 4) is 5.75 Å². The zero-order valence-corrected chi connectivity index (χ0v) is 45.0. The molecule has 1 unspecified atom stereocenters. The van der Waals surface area contributed by atoms with Crippen LogP contribution < -0.4 is 35.3 Å². The minimum atomic E-state index is -5.05. The van der Waals surface area contributed by atoms with Gasteiger partial charge in [-0.1, -0.05) is 34.4 Å². The second-order valence-corrected chi connectivity index (χ2v) is 21.6. The maximum atomic E-state index is 12.9. The Kier molecular flexibility index (Phi) is 22.4. The lowest BCUT2D eigenvalue weighted by atomic mass is 10.1. The van der Waals surface area contributed by atoms with Gasteiger partial charge in [0.2, 0.25) is 35.7 Å². The van der Waals surface area contributed by atoms with E-state index in [4.69, 9.17) is 19.0 Å². The fourth-order valence-corrected chi connectivity index (χ4v) is 9.78. The van der Waals surface area contributed by atoms with Gasteiger partial charge in [-0.2, -0.15) is 59.4 Å². The molecule has 0 saturated heterocycles. The van der Waals surface area contributed by atoms with E-state index in [1.807, 2.05) is 0 Å². The molecule has 2 heterocycles. The first-order valence-electron chi connectivity index (χ1n) is 21.8. The molecule has 432 valence electrons. The van der Waals surface area contributed by atoms with Crippen LogP contribution in [0.15, 0.2) is 97.3 Å². The van der Waals surface area contributed by atoms with Crippen molar-refractivity contribution in [2.75, 3.05) is 83.7 Å². The second kappa shape index (κ2) is 28.7. The minimum Gasteiger partial charge on any atom is -0.395 e. The molecule has 4 aromatic carbocycles. The third-order valence-electron chi connectivity index (χ3n) is 10.00. The number of aliphatic hydroxyl groups excluding tert-OH is 4. The lowest BCUT2D eigenvalue weighted by Crippen LogP contribution is -2.31. The molecule has 0 spiro atoms. The van der Waals surface area contributed by atoms with Gasteiger partial charge in [0.05, 0.1) is 71.7 Å². The first kappa shape index (κ1) is 62.6. The summed E-state index contributed by atoms with van der Waals surface area (Å²) in [7, 11) is -14.8. The van der Waals surface area contributed by atoms with Gasteiger partial charge >= 0.3 is 11.4 Å². The molecular weight excluding hydrogens is 1190 g/mol. The van der Waals surface area contributed by atoms with Crippen molar-refractivity contribution in [2.24, 2.45) is 0 Å². The maximum Gasteiger partial charge on any atom is 0.357 e.